The summed E-state index contributed by atoms with van der Waals surface area (Å²) in [4.78, 5) is 28.7. The van der Waals surface area contributed by atoms with Crippen LogP contribution < -0.4 is 10.1 Å². The number of urea groups is 1. The molecule has 7 nitrogen and oxygen atoms in total. The minimum absolute atomic E-state index is 0.101. The van der Waals surface area contributed by atoms with E-state index >= 15 is 0 Å². The summed E-state index contributed by atoms with van der Waals surface area (Å²) in [7, 11) is 3.26. The van der Waals surface area contributed by atoms with Crippen molar-refractivity contribution in [3.05, 3.63) is 65.3 Å². The van der Waals surface area contributed by atoms with Crippen LogP contribution in [0.2, 0.25) is 0 Å². The maximum atomic E-state index is 13.1. The Bertz CT molecular complexity index is 888. The molecule has 0 saturated carbocycles. The van der Waals surface area contributed by atoms with Gasteiger partial charge in [-0.1, -0.05) is 12.1 Å². The second-order valence-electron chi connectivity index (χ2n) is 6.32. The van der Waals surface area contributed by atoms with Crippen molar-refractivity contribution in [1.29, 1.82) is 0 Å². The average Bonchev–Trinajstić information content (AvgIpc) is 3.27. The third kappa shape index (κ3) is 2.61. The van der Waals surface area contributed by atoms with Crippen molar-refractivity contribution >= 4 is 11.9 Å². The van der Waals surface area contributed by atoms with Crippen LogP contribution >= 0.6 is 0 Å². The topological polar surface area (TPSA) is 75.0 Å². The van der Waals surface area contributed by atoms with Gasteiger partial charge in [-0.05, 0) is 29.8 Å². The standard InChI is InChI=1S/C19H19N3O4/c1-21-15-11-22(10-14-7-4-8-26-14)18(23)16(15)17(20-19(21)24)12-5-3-6-13(9-12)25-2/h3-9,17H,10-11H2,1-2H3,(H,20,24)/t17-/m0/s1. The molecule has 2 aliphatic rings. The molecule has 2 aliphatic heterocycles. The number of ether oxygens (including phenoxy) is 1. The van der Waals surface area contributed by atoms with Crippen LogP contribution in [0.5, 0.6) is 5.75 Å². The van der Waals surface area contributed by atoms with Crippen LogP contribution in [0.3, 0.4) is 0 Å². The van der Waals surface area contributed by atoms with Crippen molar-refractivity contribution in [1.82, 2.24) is 15.1 Å². The van der Waals surface area contributed by atoms with E-state index in [1.165, 1.54) is 4.90 Å². The predicted molar refractivity (Wildman–Crippen MR) is 93.2 cm³/mol. The number of hydrogen-bond acceptors (Lipinski definition) is 4. The maximum absolute atomic E-state index is 13.1. The van der Waals surface area contributed by atoms with Crippen molar-refractivity contribution in [2.24, 2.45) is 0 Å². The van der Waals surface area contributed by atoms with Gasteiger partial charge in [-0.15, -0.1) is 0 Å². The number of furan rings is 1. The number of carbonyl (C=O) groups is 2. The minimum Gasteiger partial charge on any atom is -0.497 e. The molecule has 0 spiro atoms. The van der Waals surface area contributed by atoms with E-state index in [0.717, 1.165) is 11.3 Å². The highest BCUT2D eigenvalue weighted by Crippen LogP contribution is 2.36. The van der Waals surface area contributed by atoms with Crippen molar-refractivity contribution in [3.8, 4) is 5.75 Å². The van der Waals surface area contributed by atoms with E-state index in [9.17, 15) is 9.59 Å². The third-order valence-corrected chi connectivity index (χ3v) is 4.79. The van der Waals surface area contributed by atoms with Gasteiger partial charge in [0.05, 0.1) is 43.8 Å². The number of amides is 3. The van der Waals surface area contributed by atoms with Crippen LogP contribution in [0.15, 0.2) is 58.3 Å². The molecule has 1 aromatic heterocycles. The molecule has 0 fully saturated rings. The third-order valence-electron chi connectivity index (χ3n) is 4.79. The lowest BCUT2D eigenvalue weighted by atomic mass is 9.95. The van der Waals surface area contributed by atoms with E-state index < -0.39 is 6.04 Å². The fraction of sp³-hybridized carbons (Fsp3) is 0.263. The molecule has 26 heavy (non-hydrogen) atoms. The number of rotatable bonds is 4. The fourth-order valence-corrected chi connectivity index (χ4v) is 3.41. The molecule has 4 rings (SSSR count). The Kier molecular flexibility index (Phi) is 3.91. The number of nitrogens with one attached hydrogen (secondary N) is 1. The normalized spacial score (nSPS) is 19.7. The first kappa shape index (κ1) is 16.3. The van der Waals surface area contributed by atoms with Crippen LogP contribution in [0.25, 0.3) is 0 Å². The van der Waals surface area contributed by atoms with E-state index in [1.807, 2.05) is 30.3 Å². The number of hydrogen-bond donors (Lipinski definition) is 1. The first-order valence-corrected chi connectivity index (χ1v) is 8.31. The van der Waals surface area contributed by atoms with Crippen LogP contribution in [0, 0.1) is 0 Å². The Morgan fingerprint density at radius 2 is 2.12 bits per heavy atom. The second-order valence-corrected chi connectivity index (χ2v) is 6.32. The summed E-state index contributed by atoms with van der Waals surface area (Å²) >= 11 is 0. The molecule has 0 unspecified atom stereocenters. The summed E-state index contributed by atoms with van der Waals surface area (Å²) in [6.45, 7) is 0.741. The predicted octanol–water partition coefficient (Wildman–Crippen LogP) is 2.28. The van der Waals surface area contributed by atoms with Crippen molar-refractivity contribution in [3.63, 3.8) is 0 Å². The number of carbonyl (C=O) groups excluding carboxylic acids is 2. The number of methoxy groups -OCH3 is 1. The van der Waals surface area contributed by atoms with Crippen molar-refractivity contribution in [2.45, 2.75) is 12.6 Å². The lowest BCUT2D eigenvalue weighted by Crippen LogP contribution is -2.45. The van der Waals surface area contributed by atoms with Crippen molar-refractivity contribution < 1.29 is 18.7 Å². The van der Waals surface area contributed by atoms with E-state index in [1.54, 1.807) is 31.4 Å². The minimum atomic E-state index is -0.502. The summed E-state index contributed by atoms with van der Waals surface area (Å²) in [5.74, 6) is 1.28. The van der Waals surface area contributed by atoms with Gasteiger partial charge in [0.2, 0.25) is 0 Å². The quantitative estimate of drug-likeness (QED) is 0.915. The van der Waals surface area contributed by atoms with Gasteiger partial charge >= 0.3 is 6.03 Å². The maximum Gasteiger partial charge on any atom is 0.322 e. The Hall–Kier alpha value is -3.22. The van der Waals surface area contributed by atoms with E-state index in [2.05, 4.69) is 5.32 Å². The van der Waals surface area contributed by atoms with Gasteiger partial charge in [0, 0.05) is 7.05 Å². The van der Waals surface area contributed by atoms with Crippen LogP contribution in [0.4, 0.5) is 4.79 Å². The zero-order valence-electron chi connectivity index (χ0n) is 14.6. The molecule has 7 heteroatoms. The monoisotopic (exact) mass is 353 g/mol. The Morgan fingerprint density at radius 1 is 1.27 bits per heavy atom. The summed E-state index contributed by atoms with van der Waals surface area (Å²) < 4.78 is 10.6. The molecule has 1 N–H and O–H groups in total. The second kappa shape index (κ2) is 6.25. The van der Waals surface area contributed by atoms with Gasteiger partial charge in [0.25, 0.3) is 5.91 Å². The Labute approximate surface area is 150 Å². The van der Waals surface area contributed by atoms with Crippen LogP contribution in [-0.4, -0.2) is 42.4 Å². The largest absolute Gasteiger partial charge is 0.497 e. The van der Waals surface area contributed by atoms with Gasteiger partial charge < -0.3 is 19.4 Å². The first-order valence-electron chi connectivity index (χ1n) is 8.31. The molecular weight excluding hydrogens is 334 g/mol. The zero-order chi connectivity index (χ0) is 18.3. The summed E-state index contributed by atoms with van der Waals surface area (Å²) in [5, 5.41) is 2.92. The highest BCUT2D eigenvalue weighted by Gasteiger charge is 2.43. The summed E-state index contributed by atoms with van der Waals surface area (Å²) in [5.41, 5.74) is 2.12. The molecule has 0 bridgehead atoms. The van der Waals surface area contributed by atoms with E-state index in [4.69, 9.17) is 9.15 Å². The molecule has 0 saturated heterocycles. The lowest BCUT2D eigenvalue weighted by Gasteiger charge is -2.31. The van der Waals surface area contributed by atoms with Crippen LogP contribution in [-0.2, 0) is 11.3 Å². The Morgan fingerprint density at radius 3 is 2.85 bits per heavy atom. The summed E-state index contributed by atoms with van der Waals surface area (Å²) in [6, 6.07) is 10.3. The van der Waals surface area contributed by atoms with Gasteiger partial charge in [-0.25, -0.2) is 4.79 Å². The van der Waals surface area contributed by atoms with Gasteiger partial charge in [0.15, 0.2) is 0 Å². The van der Waals surface area contributed by atoms with Gasteiger partial charge in [-0.2, -0.15) is 0 Å². The number of benzene rings is 1. The Balaban J connectivity index is 1.70. The first-order chi connectivity index (χ1) is 12.6. The molecule has 3 heterocycles. The molecule has 0 aliphatic carbocycles. The molecule has 3 amide bonds. The number of likely N-dealkylation sites (N-methyl/N-ethyl adjacent to an activating group) is 1. The highest BCUT2D eigenvalue weighted by molar-refractivity contribution is 6.01. The van der Waals surface area contributed by atoms with E-state index in [0.29, 0.717) is 30.2 Å². The zero-order valence-corrected chi connectivity index (χ0v) is 14.6. The molecular formula is C19H19N3O4. The lowest BCUT2D eigenvalue weighted by molar-refractivity contribution is -0.126. The number of nitrogens with zero attached hydrogens (tertiary/aromatic N) is 2. The van der Waals surface area contributed by atoms with Gasteiger partial charge in [0.1, 0.15) is 11.5 Å². The molecule has 0 radical (unpaired) electrons. The molecule has 1 atom stereocenters. The molecule has 2 aromatic rings. The summed E-state index contributed by atoms with van der Waals surface area (Å²) in [6.07, 6.45) is 1.58. The fourth-order valence-electron chi connectivity index (χ4n) is 3.41. The average molecular weight is 353 g/mol. The molecule has 1 aromatic carbocycles. The van der Waals surface area contributed by atoms with Crippen LogP contribution in [0.1, 0.15) is 17.4 Å². The molecule has 134 valence electrons. The SMILES string of the molecule is COc1cccc([C@@H]2NC(=O)N(C)C3=C2C(=O)N(Cc2ccco2)C3)c1. The highest BCUT2D eigenvalue weighted by atomic mass is 16.5. The smallest absolute Gasteiger partial charge is 0.322 e. The van der Waals surface area contributed by atoms with Crippen molar-refractivity contribution in [2.75, 3.05) is 20.7 Å². The van der Waals surface area contributed by atoms with Gasteiger partial charge in [-0.3, -0.25) is 9.69 Å². The van der Waals surface area contributed by atoms with E-state index in [-0.39, 0.29) is 11.9 Å².